The number of carbonyl (C=O) groups excluding carboxylic acids is 6. The van der Waals surface area contributed by atoms with Crippen LogP contribution in [-0.4, -0.2) is 124 Å². The van der Waals surface area contributed by atoms with Gasteiger partial charge in [0.05, 0.1) is 38.0 Å². The van der Waals surface area contributed by atoms with Crippen molar-refractivity contribution in [3.05, 3.63) is 0 Å². The summed E-state index contributed by atoms with van der Waals surface area (Å²) in [6.45, 7) is 11.0. The fraction of sp³-hybridized carbons (Fsp3) is 0.900. The summed E-state index contributed by atoms with van der Waals surface area (Å²) in [6, 6.07) is -3.29. The number of aliphatic carboxylic acids is 1. The van der Waals surface area contributed by atoms with Gasteiger partial charge in [0.15, 0.2) is 12.1 Å². The number of nitrogens with one attached hydrogen (secondary N) is 2. The smallest absolute Gasteiger partial charge is 0.469 e. The maximum Gasteiger partial charge on any atom is 0.469 e. The molecule has 0 radical (unpaired) electrons. The van der Waals surface area contributed by atoms with Crippen molar-refractivity contribution in [2.75, 3.05) is 13.2 Å². The Bertz CT molecular complexity index is 1960. The molecular weight excluding hydrogens is 1190 g/mol. The highest BCUT2D eigenvalue weighted by atomic mass is 31.2. The van der Waals surface area contributed by atoms with Crippen LogP contribution in [0.2, 0.25) is 0 Å². The first-order valence-electron chi connectivity index (χ1n) is 36.4. The van der Waals surface area contributed by atoms with Gasteiger partial charge in [0.25, 0.3) is 0 Å². The molecule has 2 unspecified atom stereocenters. The lowest BCUT2D eigenvalue weighted by molar-refractivity contribution is -0.181. The Morgan fingerprint density at radius 3 is 1.14 bits per heavy atom. The number of aliphatic hydroxyl groups is 1. The van der Waals surface area contributed by atoms with Crippen LogP contribution in [0, 0.1) is 5.92 Å². The molecule has 1 fully saturated rings. The predicted octanol–water partition coefficient (Wildman–Crippen LogP) is 15.2. The van der Waals surface area contributed by atoms with E-state index in [1.54, 1.807) is 0 Å². The molecule has 91 heavy (non-hydrogen) atoms. The lowest BCUT2D eigenvalue weighted by Gasteiger charge is -2.45. The van der Waals surface area contributed by atoms with Gasteiger partial charge in [0.1, 0.15) is 24.4 Å². The molecular formula is C70H129N2O18P. The number of phosphoric ester groups is 1. The maximum absolute atomic E-state index is 14.6. The Morgan fingerprint density at radius 1 is 0.451 bits per heavy atom. The molecule has 532 valence electrons. The van der Waals surface area contributed by atoms with Gasteiger partial charge in [-0.2, -0.15) is 0 Å². The Labute approximate surface area is 549 Å². The lowest BCUT2D eigenvalue weighted by atomic mass is 9.79. The van der Waals surface area contributed by atoms with Crippen LogP contribution < -0.4 is 10.6 Å². The third-order valence-electron chi connectivity index (χ3n) is 17.2. The molecule has 0 heterocycles. The number of amides is 2. The molecule has 20 nitrogen and oxygen atoms in total. The summed E-state index contributed by atoms with van der Waals surface area (Å²) < 4.78 is 48.4. The molecule has 1 rings (SSSR count). The highest BCUT2D eigenvalue weighted by Gasteiger charge is 2.51. The summed E-state index contributed by atoms with van der Waals surface area (Å²) in [5.41, 5.74) is 0. The average molecular weight is 1320 g/mol. The van der Waals surface area contributed by atoms with Gasteiger partial charge in [-0.15, -0.1) is 0 Å². The highest BCUT2D eigenvalue weighted by molar-refractivity contribution is 7.46. The van der Waals surface area contributed by atoms with Crippen molar-refractivity contribution in [3.63, 3.8) is 0 Å². The van der Waals surface area contributed by atoms with Gasteiger partial charge < -0.3 is 54.3 Å². The highest BCUT2D eigenvalue weighted by Crippen LogP contribution is 2.44. The van der Waals surface area contributed by atoms with E-state index in [0.717, 1.165) is 141 Å². The summed E-state index contributed by atoms with van der Waals surface area (Å²) in [5, 5.41) is 26.9. The molecule has 0 spiro atoms. The quantitative estimate of drug-likeness (QED) is 0.0143. The first-order chi connectivity index (χ1) is 43.8. The lowest BCUT2D eigenvalue weighted by Crippen LogP contribution is -2.64. The van der Waals surface area contributed by atoms with Crippen LogP contribution in [-0.2, 0) is 66.3 Å². The molecule has 9 atom stereocenters. The maximum atomic E-state index is 14.6. The second-order valence-electron chi connectivity index (χ2n) is 25.8. The summed E-state index contributed by atoms with van der Waals surface area (Å²) >= 11 is 0. The molecule has 1 saturated carbocycles. The zero-order valence-electron chi connectivity index (χ0n) is 57.6. The van der Waals surface area contributed by atoms with E-state index in [0.29, 0.717) is 57.8 Å². The van der Waals surface area contributed by atoms with Gasteiger partial charge in [-0.05, 0) is 64.2 Å². The first-order valence-corrected chi connectivity index (χ1v) is 37.9. The standard InChI is InChI=1S/C70H129N2O18P/c1-7-13-19-22-25-28-31-34-40-43-56(86-63(76)46-37-16-10-4)50-61(74)71-59(70(80)81)54-85-60-49-55(53-73)68(90-91(82,83)84)69(89-66(79)52-58(88-65(78)48-39-18-12-6)45-42-36-33-30-27-24-21-15-9-3)67(60)72-62(75)51-57(87-64(77)47-38-17-11-5)44-41-35-32-29-26-23-20-14-8-2/h55-60,67-69,73H,7-54H2,1-6H3,(H,71,74)(H,72,75)(H,80,81)(H2,82,83,84)/t55?,56-,57-,58-,59+,60-,67?,68-,69-/m1/s1. The molecule has 0 aromatic heterocycles. The number of unbranched alkanes of at least 4 members (excludes halogenated alkanes) is 30. The van der Waals surface area contributed by atoms with E-state index in [1.165, 1.54) is 51.4 Å². The van der Waals surface area contributed by atoms with Gasteiger partial charge in [-0.1, -0.05) is 234 Å². The molecule has 0 bridgehead atoms. The van der Waals surface area contributed by atoms with Crippen molar-refractivity contribution in [3.8, 4) is 0 Å². The molecule has 0 aliphatic heterocycles. The van der Waals surface area contributed by atoms with Crippen LogP contribution in [0.4, 0.5) is 0 Å². The SMILES string of the molecule is CCCCCCCCCCC[C@H](CC(=O)NC1[C@@H](OC(=O)C[C@@H](CCCCCCCCCCC)OC(=O)CCCCC)[C@H](OP(=O)(O)O)C(CO)C[C@H]1OC[C@H](NC(=O)C[C@@H](CCCCCCCCCCC)OC(=O)CCCCC)C(=O)O)OC(=O)CCCCC. The number of phosphoric acid groups is 1. The number of carbonyl (C=O) groups is 7. The topological polar surface area (TPSA) is 297 Å². The molecule has 0 aromatic rings. The molecule has 2 amide bonds. The fourth-order valence-electron chi connectivity index (χ4n) is 11.9. The Hall–Kier alpha value is -3.68. The molecule has 21 heteroatoms. The largest absolute Gasteiger partial charge is 0.480 e. The normalized spacial score (nSPS) is 18.0. The van der Waals surface area contributed by atoms with Gasteiger partial charge in [0, 0.05) is 31.8 Å². The zero-order chi connectivity index (χ0) is 67.3. The second-order valence-corrected chi connectivity index (χ2v) is 27.0. The van der Waals surface area contributed by atoms with Crippen molar-refractivity contribution in [1.82, 2.24) is 10.6 Å². The summed E-state index contributed by atoms with van der Waals surface area (Å²) in [7, 11) is -5.46. The van der Waals surface area contributed by atoms with Crippen molar-refractivity contribution in [2.45, 2.75) is 386 Å². The minimum Gasteiger partial charge on any atom is -0.480 e. The van der Waals surface area contributed by atoms with Crippen molar-refractivity contribution in [1.29, 1.82) is 0 Å². The number of esters is 4. The molecule has 0 saturated heterocycles. The van der Waals surface area contributed by atoms with E-state index in [2.05, 4.69) is 31.4 Å². The summed E-state index contributed by atoms with van der Waals surface area (Å²) in [6.07, 6.45) is 27.2. The third kappa shape index (κ3) is 45.4. The van der Waals surface area contributed by atoms with Crippen LogP contribution in [0.25, 0.3) is 0 Å². The van der Waals surface area contributed by atoms with Crippen LogP contribution in [0.1, 0.15) is 337 Å². The number of carboxylic acid groups (broad SMARTS) is 1. The Kier molecular flexibility index (Phi) is 52.1. The molecule has 1 aliphatic rings. The minimum atomic E-state index is -5.46. The summed E-state index contributed by atoms with van der Waals surface area (Å²) in [5.74, 6) is -6.61. The van der Waals surface area contributed by atoms with Crippen molar-refractivity contribution in [2.24, 2.45) is 5.92 Å². The molecule has 6 N–H and O–H groups in total. The third-order valence-corrected chi connectivity index (χ3v) is 17.8. The van der Waals surface area contributed by atoms with Crippen LogP contribution in [0.3, 0.4) is 0 Å². The number of aliphatic hydroxyl groups excluding tert-OH is 1. The fourth-order valence-corrected chi connectivity index (χ4v) is 12.5. The number of hydrogen-bond donors (Lipinski definition) is 6. The number of ether oxygens (including phenoxy) is 5. The van der Waals surface area contributed by atoms with E-state index < -0.39 is 124 Å². The monoisotopic (exact) mass is 1320 g/mol. The molecule has 0 aromatic carbocycles. The number of carboxylic acids is 1. The van der Waals surface area contributed by atoms with E-state index in [4.69, 9.17) is 28.2 Å². The molecule has 1 aliphatic carbocycles. The number of hydrogen-bond acceptors (Lipinski definition) is 15. The average Bonchev–Trinajstić information content (AvgIpc) is 0.839. The van der Waals surface area contributed by atoms with E-state index >= 15 is 0 Å². The van der Waals surface area contributed by atoms with Gasteiger partial charge in [-0.3, -0.25) is 33.3 Å². The van der Waals surface area contributed by atoms with Gasteiger partial charge in [0.2, 0.25) is 11.8 Å². The van der Waals surface area contributed by atoms with Crippen molar-refractivity contribution < 1.29 is 86.3 Å². The first kappa shape index (κ1) is 85.3. The van der Waals surface area contributed by atoms with E-state index in [9.17, 15) is 58.1 Å². The van der Waals surface area contributed by atoms with E-state index in [1.807, 2.05) is 20.8 Å². The van der Waals surface area contributed by atoms with Crippen molar-refractivity contribution >= 4 is 49.5 Å². The number of rotatable bonds is 61. The Balaban J connectivity index is 3.78. The van der Waals surface area contributed by atoms with E-state index in [-0.39, 0.29) is 38.5 Å². The van der Waals surface area contributed by atoms with Crippen LogP contribution >= 0.6 is 7.82 Å². The minimum absolute atomic E-state index is 0.127. The Morgan fingerprint density at radius 2 is 0.791 bits per heavy atom. The second kappa shape index (κ2) is 55.6. The predicted molar refractivity (Wildman–Crippen MR) is 355 cm³/mol. The zero-order valence-corrected chi connectivity index (χ0v) is 58.5. The summed E-state index contributed by atoms with van der Waals surface area (Å²) in [4.78, 5) is 116. The van der Waals surface area contributed by atoms with Gasteiger partial charge in [-0.25, -0.2) is 9.36 Å². The van der Waals surface area contributed by atoms with Gasteiger partial charge >= 0.3 is 37.7 Å². The van der Waals surface area contributed by atoms with Crippen LogP contribution in [0.5, 0.6) is 0 Å². The van der Waals surface area contributed by atoms with Crippen LogP contribution in [0.15, 0.2) is 0 Å².